The van der Waals surface area contributed by atoms with Crippen LogP contribution in [0.15, 0.2) is 66.2 Å². The first kappa shape index (κ1) is 25.0. The van der Waals surface area contributed by atoms with E-state index in [2.05, 4.69) is 5.32 Å². The maximum atomic E-state index is 12.6. The quantitative estimate of drug-likeness (QED) is 0.269. The van der Waals surface area contributed by atoms with Crippen LogP contribution in [-0.2, 0) is 11.4 Å². The van der Waals surface area contributed by atoms with Crippen molar-refractivity contribution in [2.45, 2.75) is 13.5 Å². The summed E-state index contributed by atoms with van der Waals surface area (Å²) in [5, 5.41) is 13.2. The molecule has 1 N–H and O–H groups in total. The minimum atomic E-state index is -0.554. The Morgan fingerprint density at radius 2 is 1.76 bits per heavy atom. The molecule has 3 aromatic rings. The summed E-state index contributed by atoms with van der Waals surface area (Å²) in [6.07, 6.45) is 1.43. The number of amides is 1. The molecule has 0 aliphatic carbocycles. The van der Waals surface area contributed by atoms with E-state index < -0.39 is 5.91 Å². The highest BCUT2D eigenvalue weighted by atomic mass is 35.5. The Hall–Kier alpha value is -3.66. The van der Waals surface area contributed by atoms with Gasteiger partial charge in [0.05, 0.1) is 18.7 Å². The molecule has 34 heavy (non-hydrogen) atoms. The second-order valence-electron chi connectivity index (χ2n) is 7.03. The normalized spacial score (nSPS) is 10.9. The van der Waals surface area contributed by atoms with E-state index in [0.29, 0.717) is 51.8 Å². The Balaban J connectivity index is 1.67. The molecule has 174 valence electrons. The molecule has 0 aromatic heterocycles. The van der Waals surface area contributed by atoms with Crippen LogP contribution >= 0.6 is 23.2 Å². The molecule has 8 heteroatoms. The lowest BCUT2D eigenvalue weighted by atomic mass is 10.1. The van der Waals surface area contributed by atoms with E-state index in [-0.39, 0.29) is 5.57 Å². The summed E-state index contributed by atoms with van der Waals surface area (Å²) in [6, 6.07) is 19.4. The van der Waals surface area contributed by atoms with Crippen LogP contribution in [0.3, 0.4) is 0 Å². The van der Waals surface area contributed by atoms with Crippen LogP contribution in [0.2, 0.25) is 10.0 Å². The number of carbonyl (C=O) groups excluding carboxylic acids is 1. The average Bonchev–Trinajstić information content (AvgIpc) is 2.84. The fourth-order valence-corrected chi connectivity index (χ4v) is 3.40. The van der Waals surface area contributed by atoms with Crippen molar-refractivity contribution < 1.29 is 19.0 Å². The van der Waals surface area contributed by atoms with Gasteiger partial charge < -0.3 is 19.5 Å². The van der Waals surface area contributed by atoms with E-state index in [0.717, 1.165) is 5.56 Å². The summed E-state index contributed by atoms with van der Waals surface area (Å²) >= 11 is 12.2. The van der Waals surface area contributed by atoms with Gasteiger partial charge in [0.1, 0.15) is 24.0 Å². The number of halogens is 2. The van der Waals surface area contributed by atoms with Crippen molar-refractivity contribution in [3.63, 3.8) is 0 Å². The first-order valence-electron chi connectivity index (χ1n) is 10.3. The molecule has 0 fully saturated rings. The van der Waals surface area contributed by atoms with E-state index in [1.807, 2.05) is 25.1 Å². The smallest absolute Gasteiger partial charge is 0.266 e. The molecule has 0 radical (unpaired) electrons. The minimum Gasteiger partial charge on any atom is -0.493 e. The fraction of sp³-hybridized carbons (Fsp3) is 0.154. The zero-order chi connectivity index (χ0) is 24.5. The van der Waals surface area contributed by atoms with Crippen molar-refractivity contribution in [3.8, 4) is 23.3 Å². The van der Waals surface area contributed by atoms with Crippen molar-refractivity contribution in [2.24, 2.45) is 0 Å². The maximum absolute atomic E-state index is 12.6. The van der Waals surface area contributed by atoms with E-state index in [9.17, 15) is 10.1 Å². The topological polar surface area (TPSA) is 80.6 Å². The number of methoxy groups -OCH3 is 1. The maximum Gasteiger partial charge on any atom is 0.266 e. The van der Waals surface area contributed by atoms with Crippen LogP contribution in [0.4, 0.5) is 5.69 Å². The van der Waals surface area contributed by atoms with Gasteiger partial charge in [-0.25, -0.2) is 0 Å². The Kier molecular flexibility index (Phi) is 8.80. The van der Waals surface area contributed by atoms with Crippen molar-refractivity contribution >= 4 is 40.9 Å². The highest BCUT2D eigenvalue weighted by Crippen LogP contribution is 2.37. The molecular weight excluding hydrogens is 475 g/mol. The molecule has 0 aliphatic rings. The number of benzene rings is 3. The van der Waals surface area contributed by atoms with Crippen LogP contribution in [0, 0.1) is 11.3 Å². The largest absolute Gasteiger partial charge is 0.493 e. The van der Waals surface area contributed by atoms with E-state index in [1.54, 1.807) is 48.5 Å². The molecule has 0 aliphatic heterocycles. The Morgan fingerprint density at radius 1 is 1.06 bits per heavy atom. The molecule has 0 heterocycles. The Labute approximate surface area is 208 Å². The highest BCUT2D eigenvalue weighted by molar-refractivity contribution is 6.32. The van der Waals surface area contributed by atoms with Gasteiger partial charge in [0.2, 0.25) is 0 Å². The molecule has 3 rings (SSSR count). The van der Waals surface area contributed by atoms with Crippen LogP contribution in [0.1, 0.15) is 18.1 Å². The molecule has 0 spiro atoms. The van der Waals surface area contributed by atoms with Crippen molar-refractivity contribution in [1.82, 2.24) is 0 Å². The van der Waals surface area contributed by atoms with Gasteiger partial charge in [0.25, 0.3) is 5.91 Å². The lowest BCUT2D eigenvalue weighted by molar-refractivity contribution is -0.112. The Bertz CT molecular complexity index is 1220. The summed E-state index contributed by atoms with van der Waals surface area (Å²) in [6.45, 7) is 2.64. The molecule has 0 saturated heterocycles. The molecule has 0 atom stereocenters. The van der Waals surface area contributed by atoms with Crippen LogP contribution in [0.5, 0.6) is 17.2 Å². The van der Waals surface area contributed by atoms with Gasteiger partial charge in [-0.05, 0) is 72.7 Å². The van der Waals surface area contributed by atoms with Gasteiger partial charge in [-0.3, -0.25) is 4.79 Å². The number of anilines is 1. The molecule has 1 amide bonds. The van der Waals surface area contributed by atoms with Crippen molar-refractivity contribution in [3.05, 3.63) is 87.4 Å². The number of hydrogen-bond acceptors (Lipinski definition) is 5. The third-order valence-corrected chi connectivity index (χ3v) is 5.18. The van der Waals surface area contributed by atoms with Crippen molar-refractivity contribution in [1.29, 1.82) is 5.26 Å². The van der Waals surface area contributed by atoms with Crippen LogP contribution in [0.25, 0.3) is 6.08 Å². The zero-order valence-electron chi connectivity index (χ0n) is 18.6. The van der Waals surface area contributed by atoms with Gasteiger partial charge in [-0.2, -0.15) is 5.26 Å². The predicted molar refractivity (Wildman–Crippen MR) is 134 cm³/mol. The molecular formula is C26H22Cl2N2O4. The summed E-state index contributed by atoms with van der Waals surface area (Å²) in [5.41, 5.74) is 1.94. The van der Waals surface area contributed by atoms with E-state index in [1.165, 1.54) is 13.2 Å². The van der Waals surface area contributed by atoms with Gasteiger partial charge in [-0.15, -0.1) is 0 Å². The number of nitrogens with zero attached hydrogens (tertiary/aromatic N) is 1. The third-order valence-electron chi connectivity index (χ3n) is 4.65. The summed E-state index contributed by atoms with van der Waals surface area (Å²) < 4.78 is 16.6. The van der Waals surface area contributed by atoms with Crippen molar-refractivity contribution in [2.75, 3.05) is 19.0 Å². The van der Waals surface area contributed by atoms with Gasteiger partial charge >= 0.3 is 0 Å². The molecule has 6 nitrogen and oxygen atoms in total. The van der Waals surface area contributed by atoms with E-state index in [4.69, 9.17) is 37.4 Å². The number of nitrogens with one attached hydrogen (secondary N) is 1. The second-order valence-corrected chi connectivity index (χ2v) is 7.87. The standard InChI is InChI=1S/C26H22Cl2N2O4/c1-3-33-25-23(28)13-18(14-24(25)32-2)12-19(15-29)26(31)30-21-8-10-22(11-9-21)34-16-17-4-6-20(27)7-5-17/h4-14H,3,16H2,1-2H3,(H,30,31)/b19-12+. The number of nitriles is 1. The number of carbonyl (C=O) groups is 1. The lowest BCUT2D eigenvalue weighted by Crippen LogP contribution is -2.13. The zero-order valence-corrected chi connectivity index (χ0v) is 20.1. The second kappa shape index (κ2) is 12.0. The van der Waals surface area contributed by atoms with Crippen LogP contribution < -0.4 is 19.5 Å². The monoisotopic (exact) mass is 496 g/mol. The minimum absolute atomic E-state index is 0.0923. The highest BCUT2D eigenvalue weighted by Gasteiger charge is 2.14. The summed E-state index contributed by atoms with van der Waals surface area (Å²) in [7, 11) is 1.49. The fourth-order valence-electron chi connectivity index (χ4n) is 3.00. The molecule has 0 bridgehead atoms. The molecule has 3 aromatic carbocycles. The van der Waals surface area contributed by atoms with Gasteiger partial charge in [-0.1, -0.05) is 35.3 Å². The predicted octanol–water partition coefficient (Wildman–Crippen LogP) is 6.53. The Morgan fingerprint density at radius 3 is 2.38 bits per heavy atom. The summed E-state index contributed by atoms with van der Waals surface area (Å²) in [5.74, 6) is 0.902. The first-order valence-corrected chi connectivity index (χ1v) is 11.1. The first-order chi connectivity index (χ1) is 16.4. The average molecular weight is 497 g/mol. The SMILES string of the molecule is CCOc1c(Cl)cc(/C=C(\C#N)C(=O)Nc2ccc(OCc3ccc(Cl)cc3)cc2)cc1OC. The number of hydrogen-bond donors (Lipinski definition) is 1. The van der Waals surface area contributed by atoms with Crippen LogP contribution in [-0.4, -0.2) is 19.6 Å². The summed E-state index contributed by atoms with van der Waals surface area (Å²) in [4.78, 5) is 12.6. The number of ether oxygens (including phenoxy) is 3. The van der Waals surface area contributed by atoms with Gasteiger partial charge in [0, 0.05) is 10.7 Å². The number of rotatable bonds is 9. The van der Waals surface area contributed by atoms with E-state index >= 15 is 0 Å². The molecule has 0 saturated carbocycles. The molecule has 0 unspecified atom stereocenters. The lowest BCUT2D eigenvalue weighted by Gasteiger charge is -2.12. The third kappa shape index (κ3) is 6.67. The van der Waals surface area contributed by atoms with Gasteiger partial charge in [0.15, 0.2) is 11.5 Å².